The predicted molar refractivity (Wildman–Crippen MR) is 102 cm³/mol. The summed E-state index contributed by atoms with van der Waals surface area (Å²) in [6.07, 6.45) is 0.900. The molecule has 0 unspecified atom stereocenters. The molecule has 0 aliphatic heterocycles. The zero-order valence-electron chi connectivity index (χ0n) is 14.4. The van der Waals surface area contributed by atoms with Gasteiger partial charge in [0.05, 0.1) is 14.2 Å². The van der Waals surface area contributed by atoms with Crippen LogP contribution in [0.3, 0.4) is 0 Å². The molecule has 0 fully saturated rings. The molecule has 6 heteroatoms. The predicted octanol–water partition coefficient (Wildman–Crippen LogP) is 2.69. The van der Waals surface area contributed by atoms with E-state index in [1.165, 1.54) is 19.8 Å². The summed E-state index contributed by atoms with van der Waals surface area (Å²) in [7, 11) is 2.87. The Bertz CT molecular complexity index is 720. The molecule has 132 valence electrons. The maximum absolute atomic E-state index is 11.8. The second-order valence-electron chi connectivity index (χ2n) is 5.37. The SMILES string of the molecule is COC(=O)c1cc(CNC(=S)NCCc2ccccc2)ccc1OC. The molecule has 0 radical (unpaired) electrons. The van der Waals surface area contributed by atoms with Gasteiger partial charge in [0.2, 0.25) is 0 Å². The quantitative estimate of drug-likeness (QED) is 0.586. The Hall–Kier alpha value is -2.60. The van der Waals surface area contributed by atoms with Crippen LogP contribution < -0.4 is 15.4 Å². The molecule has 0 aromatic heterocycles. The number of hydrogen-bond donors (Lipinski definition) is 2. The molecule has 0 aliphatic carbocycles. The van der Waals surface area contributed by atoms with E-state index in [0.717, 1.165) is 18.5 Å². The van der Waals surface area contributed by atoms with Gasteiger partial charge in [-0.05, 0) is 41.9 Å². The molecule has 2 aromatic rings. The lowest BCUT2D eigenvalue weighted by Crippen LogP contribution is -2.35. The molecule has 0 aliphatic rings. The zero-order chi connectivity index (χ0) is 18.1. The fourth-order valence-corrected chi connectivity index (χ4v) is 2.52. The second kappa shape index (κ2) is 9.64. The van der Waals surface area contributed by atoms with Gasteiger partial charge in [-0.2, -0.15) is 0 Å². The van der Waals surface area contributed by atoms with E-state index in [0.29, 0.717) is 23.0 Å². The highest BCUT2D eigenvalue weighted by Gasteiger charge is 2.13. The van der Waals surface area contributed by atoms with E-state index in [1.54, 1.807) is 12.1 Å². The number of ether oxygens (including phenoxy) is 2. The average Bonchev–Trinajstić information content (AvgIpc) is 2.66. The van der Waals surface area contributed by atoms with Crippen LogP contribution >= 0.6 is 12.2 Å². The second-order valence-corrected chi connectivity index (χ2v) is 5.78. The summed E-state index contributed by atoms with van der Waals surface area (Å²) in [5, 5.41) is 6.89. The van der Waals surface area contributed by atoms with Crippen LogP contribution in [0.5, 0.6) is 5.75 Å². The van der Waals surface area contributed by atoms with Crippen molar-refractivity contribution in [1.29, 1.82) is 0 Å². The van der Waals surface area contributed by atoms with Gasteiger partial charge in [-0.15, -0.1) is 0 Å². The molecule has 25 heavy (non-hydrogen) atoms. The highest BCUT2D eigenvalue weighted by atomic mass is 32.1. The van der Waals surface area contributed by atoms with Crippen LogP contribution in [0.4, 0.5) is 0 Å². The fourth-order valence-electron chi connectivity index (χ4n) is 2.34. The van der Waals surface area contributed by atoms with E-state index in [9.17, 15) is 4.79 Å². The van der Waals surface area contributed by atoms with Crippen LogP contribution in [0.1, 0.15) is 21.5 Å². The lowest BCUT2D eigenvalue weighted by atomic mass is 10.1. The summed E-state index contributed by atoms with van der Waals surface area (Å²) in [6.45, 7) is 1.26. The van der Waals surface area contributed by atoms with Gasteiger partial charge in [0.15, 0.2) is 5.11 Å². The molecule has 2 rings (SSSR count). The van der Waals surface area contributed by atoms with Crippen molar-refractivity contribution >= 4 is 23.3 Å². The molecule has 0 amide bonds. The minimum atomic E-state index is -0.428. The highest BCUT2D eigenvalue weighted by molar-refractivity contribution is 7.80. The van der Waals surface area contributed by atoms with E-state index >= 15 is 0 Å². The topological polar surface area (TPSA) is 59.6 Å². The number of benzene rings is 2. The van der Waals surface area contributed by atoms with Gasteiger partial charge in [0.1, 0.15) is 11.3 Å². The molecular weight excluding hydrogens is 336 g/mol. The number of rotatable bonds is 7. The monoisotopic (exact) mass is 358 g/mol. The minimum absolute atomic E-state index is 0.396. The van der Waals surface area contributed by atoms with Crippen molar-refractivity contribution in [3.05, 3.63) is 65.2 Å². The average molecular weight is 358 g/mol. The molecule has 0 bridgehead atoms. The lowest BCUT2D eigenvalue weighted by Gasteiger charge is -2.12. The number of carbonyl (C=O) groups excluding carboxylic acids is 1. The van der Waals surface area contributed by atoms with Gasteiger partial charge in [-0.3, -0.25) is 0 Å². The van der Waals surface area contributed by atoms with Gasteiger partial charge >= 0.3 is 5.97 Å². The third kappa shape index (κ3) is 5.76. The normalized spacial score (nSPS) is 10.0. The van der Waals surface area contributed by atoms with Crippen LogP contribution in [-0.4, -0.2) is 31.8 Å². The van der Waals surface area contributed by atoms with Crippen molar-refractivity contribution < 1.29 is 14.3 Å². The Morgan fingerprint density at radius 1 is 1.04 bits per heavy atom. The fraction of sp³-hybridized carbons (Fsp3) is 0.263. The minimum Gasteiger partial charge on any atom is -0.496 e. The summed E-state index contributed by atoms with van der Waals surface area (Å²) in [5.74, 6) is 0.0569. The largest absolute Gasteiger partial charge is 0.496 e. The molecule has 0 spiro atoms. The first-order chi connectivity index (χ1) is 12.1. The van der Waals surface area contributed by atoms with Crippen molar-refractivity contribution in [2.45, 2.75) is 13.0 Å². The molecular formula is C19H22N2O3S. The van der Waals surface area contributed by atoms with E-state index in [-0.39, 0.29) is 0 Å². The summed E-state index contributed by atoms with van der Waals surface area (Å²) < 4.78 is 9.96. The Morgan fingerprint density at radius 2 is 1.80 bits per heavy atom. The number of esters is 1. The number of thiocarbonyl (C=S) groups is 1. The van der Waals surface area contributed by atoms with E-state index in [4.69, 9.17) is 21.7 Å². The van der Waals surface area contributed by atoms with Crippen LogP contribution in [-0.2, 0) is 17.7 Å². The molecule has 2 aromatic carbocycles. The maximum atomic E-state index is 11.8. The van der Waals surface area contributed by atoms with Crippen molar-refractivity contribution in [3.63, 3.8) is 0 Å². The van der Waals surface area contributed by atoms with Crippen molar-refractivity contribution in [2.75, 3.05) is 20.8 Å². The zero-order valence-corrected chi connectivity index (χ0v) is 15.2. The van der Waals surface area contributed by atoms with E-state index in [2.05, 4.69) is 22.8 Å². The van der Waals surface area contributed by atoms with Crippen LogP contribution in [0.25, 0.3) is 0 Å². The van der Waals surface area contributed by atoms with Crippen LogP contribution in [0.15, 0.2) is 48.5 Å². The van der Waals surface area contributed by atoms with Gasteiger partial charge in [-0.25, -0.2) is 4.79 Å². The highest BCUT2D eigenvalue weighted by Crippen LogP contribution is 2.20. The van der Waals surface area contributed by atoms with Gasteiger partial charge in [-0.1, -0.05) is 36.4 Å². The van der Waals surface area contributed by atoms with Crippen molar-refractivity contribution in [3.8, 4) is 5.75 Å². The summed E-state index contributed by atoms with van der Waals surface area (Å²) in [4.78, 5) is 11.8. The Morgan fingerprint density at radius 3 is 2.48 bits per heavy atom. The molecule has 0 atom stereocenters. The Labute approximate surface area is 153 Å². The standard InChI is InChI=1S/C19H22N2O3S/c1-23-17-9-8-15(12-16(17)18(22)24-2)13-21-19(25)20-11-10-14-6-4-3-5-7-14/h3-9,12H,10-11,13H2,1-2H3,(H2,20,21,25). The van der Waals surface area contributed by atoms with Crippen molar-refractivity contribution in [1.82, 2.24) is 10.6 Å². The maximum Gasteiger partial charge on any atom is 0.341 e. The van der Waals surface area contributed by atoms with Gasteiger partial charge < -0.3 is 20.1 Å². The third-order valence-electron chi connectivity index (χ3n) is 3.66. The molecule has 2 N–H and O–H groups in total. The first-order valence-electron chi connectivity index (χ1n) is 7.95. The number of methoxy groups -OCH3 is 2. The van der Waals surface area contributed by atoms with Crippen LogP contribution in [0, 0.1) is 0 Å². The smallest absolute Gasteiger partial charge is 0.341 e. The first-order valence-corrected chi connectivity index (χ1v) is 8.35. The molecule has 0 saturated carbocycles. The van der Waals surface area contributed by atoms with E-state index in [1.807, 2.05) is 24.3 Å². The molecule has 5 nitrogen and oxygen atoms in total. The first kappa shape index (κ1) is 18.7. The molecule has 0 heterocycles. The number of carbonyl (C=O) groups is 1. The number of nitrogens with one attached hydrogen (secondary N) is 2. The Kier molecular flexibility index (Phi) is 7.22. The van der Waals surface area contributed by atoms with Crippen molar-refractivity contribution in [2.24, 2.45) is 0 Å². The van der Waals surface area contributed by atoms with E-state index < -0.39 is 5.97 Å². The van der Waals surface area contributed by atoms with Crippen LogP contribution in [0.2, 0.25) is 0 Å². The van der Waals surface area contributed by atoms with Gasteiger partial charge in [0, 0.05) is 13.1 Å². The number of hydrogen-bond acceptors (Lipinski definition) is 4. The summed E-state index contributed by atoms with van der Waals surface area (Å²) >= 11 is 5.29. The lowest BCUT2D eigenvalue weighted by molar-refractivity contribution is 0.0597. The summed E-state index contributed by atoms with van der Waals surface area (Å²) in [6, 6.07) is 15.6. The summed E-state index contributed by atoms with van der Waals surface area (Å²) in [5.41, 5.74) is 2.57. The third-order valence-corrected chi connectivity index (χ3v) is 3.95. The Balaban J connectivity index is 1.84. The van der Waals surface area contributed by atoms with Gasteiger partial charge in [0.25, 0.3) is 0 Å². The molecule has 0 saturated heterocycles.